The molecule has 0 amide bonds. The largest absolute Gasteiger partial charge is 0.461 e. The number of rotatable bonds is 3. The van der Waals surface area contributed by atoms with Crippen LogP contribution in [0.25, 0.3) is 0 Å². The standard InChI is InChI=1S/C16H21NO3/c1-2-19-15(18)14-13(9-20-17-14)16-6-10-3-11(7-16)5-12(4-10)8-16/h9-12H,2-8H2,1H3. The normalized spacial score (nSPS) is 38.1. The van der Waals surface area contributed by atoms with Gasteiger partial charge >= 0.3 is 5.97 Å². The van der Waals surface area contributed by atoms with Crippen molar-refractivity contribution in [3.8, 4) is 0 Å². The van der Waals surface area contributed by atoms with Gasteiger partial charge in [-0.1, -0.05) is 5.16 Å². The average Bonchev–Trinajstić information content (AvgIpc) is 2.87. The zero-order valence-electron chi connectivity index (χ0n) is 11.9. The van der Waals surface area contributed by atoms with Crippen molar-refractivity contribution in [3.63, 3.8) is 0 Å². The smallest absolute Gasteiger partial charge is 0.360 e. The fraction of sp³-hybridized carbons (Fsp3) is 0.750. The van der Waals surface area contributed by atoms with Crippen LogP contribution in [0.15, 0.2) is 10.8 Å². The maximum atomic E-state index is 12.1. The molecule has 0 radical (unpaired) electrons. The molecule has 4 heteroatoms. The van der Waals surface area contributed by atoms with Gasteiger partial charge in [-0.05, 0) is 63.2 Å². The van der Waals surface area contributed by atoms with Crippen LogP contribution in [-0.4, -0.2) is 17.7 Å². The number of hydrogen-bond donors (Lipinski definition) is 0. The molecule has 0 atom stereocenters. The van der Waals surface area contributed by atoms with Gasteiger partial charge in [0.1, 0.15) is 6.26 Å². The van der Waals surface area contributed by atoms with Gasteiger partial charge in [0.15, 0.2) is 5.69 Å². The summed E-state index contributed by atoms with van der Waals surface area (Å²) in [4.78, 5) is 12.1. The van der Waals surface area contributed by atoms with Gasteiger partial charge in [-0.15, -0.1) is 0 Å². The van der Waals surface area contributed by atoms with E-state index in [0.717, 1.165) is 23.3 Å². The van der Waals surface area contributed by atoms with E-state index in [4.69, 9.17) is 9.26 Å². The number of aromatic nitrogens is 1. The molecular formula is C16H21NO3. The van der Waals surface area contributed by atoms with Crippen LogP contribution in [0.4, 0.5) is 0 Å². The van der Waals surface area contributed by atoms with Gasteiger partial charge in [0.25, 0.3) is 0 Å². The first-order valence-electron chi connectivity index (χ1n) is 7.82. The molecule has 1 aromatic heterocycles. The highest BCUT2D eigenvalue weighted by Gasteiger charge is 2.53. The Labute approximate surface area is 118 Å². The molecule has 0 unspecified atom stereocenters. The van der Waals surface area contributed by atoms with Crippen molar-refractivity contribution in [2.45, 2.75) is 50.9 Å². The Morgan fingerprint density at radius 3 is 2.45 bits per heavy atom. The molecule has 4 saturated carbocycles. The summed E-state index contributed by atoms with van der Waals surface area (Å²) >= 11 is 0. The van der Waals surface area contributed by atoms with Crippen molar-refractivity contribution < 1.29 is 14.1 Å². The molecular weight excluding hydrogens is 254 g/mol. The summed E-state index contributed by atoms with van der Waals surface area (Å²) in [7, 11) is 0. The van der Waals surface area contributed by atoms with E-state index < -0.39 is 0 Å². The SMILES string of the molecule is CCOC(=O)c1nocc1C12CC3CC(CC(C3)C1)C2. The minimum atomic E-state index is -0.327. The molecule has 0 saturated heterocycles. The van der Waals surface area contributed by atoms with Crippen molar-refractivity contribution in [1.82, 2.24) is 5.16 Å². The lowest BCUT2D eigenvalue weighted by Gasteiger charge is -2.56. The second-order valence-corrected chi connectivity index (χ2v) is 7.00. The summed E-state index contributed by atoms with van der Waals surface area (Å²) in [5.74, 6) is 2.19. The molecule has 4 fully saturated rings. The van der Waals surface area contributed by atoms with Crippen LogP contribution < -0.4 is 0 Å². The van der Waals surface area contributed by atoms with Gasteiger partial charge in [-0.3, -0.25) is 0 Å². The van der Waals surface area contributed by atoms with Crippen LogP contribution in [0.2, 0.25) is 0 Å². The summed E-state index contributed by atoms with van der Waals surface area (Å²) in [6.45, 7) is 2.20. The molecule has 1 heterocycles. The minimum absolute atomic E-state index is 0.136. The highest BCUT2D eigenvalue weighted by molar-refractivity contribution is 5.89. The van der Waals surface area contributed by atoms with Crippen LogP contribution in [0.5, 0.6) is 0 Å². The number of carbonyl (C=O) groups excluding carboxylic acids is 1. The van der Waals surface area contributed by atoms with Gasteiger partial charge in [0.2, 0.25) is 0 Å². The van der Waals surface area contributed by atoms with E-state index in [0.29, 0.717) is 12.3 Å². The van der Waals surface area contributed by atoms with Gasteiger partial charge in [-0.2, -0.15) is 0 Å². The monoisotopic (exact) mass is 275 g/mol. The number of hydrogen-bond acceptors (Lipinski definition) is 4. The van der Waals surface area contributed by atoms with Crippen LogP contribution in [0.1, 0.15) is 61.5 Å². The Morgan fingerprint density at radius 1 is 1.30 bits per heavy atom. The third-order valence-corrected chi connectivity index (χ3v) is 5.65. The summed E-state index contributed by atoms with van der Waals surface area (Å²) in [6, 6.07) is 0. The number of nitrogens with zero attached hydrogens (tertiary/aromatic N) is 1. The second kappa shape index (κ2) is 4.34. The topological polar surface area (TPSA) is 52.3 Å². The van der Waals surface area contributed by atoms with E-state index in [1.807, 2.05) is 6.92 Å². The van der Waals surface area contributed by atoms with Crippen LogP contribution >= 0.6 is 0 Å². The van der Waals surface area contributed by atoms with Crippen molar-refractivity contribution in [3.05, 3.63) is 17.5 Å². The van der Waals surface area contributed by atoms with Gasteiger partial charge < -0.3 is 9.26 Å². The van der Waals surface area contributed by atoms with E-state index in [1.165, 1.54) is 38.5 Å². The summed E-state index contributed by atoms with van der Waals surface area (Å²) in [5.41, 5.74) is 1.58. The van der Waals surface area contributed by atoms with Crippen LogP contribution in [-0.2, 0) is 10.2 Å². The summed E-state index contributed by atoms with van der Waals surface area (Å²) in [5, 5.41) is 3.94. The Morgan fingerprint density at radius 2 is 1.90 bits per heavy atom. The Hall–Kier alpha value is -1.32. The van der Waals surface area contributed by atoms with E-state index in [1.54, 1.807) is 6.26 Å². The molecule has 4 aliphatic rings. The molecule has 0 N–H and O–H groups in total. The molecule has 0 aromatic carbocycles. The zero-order valence-corrected chi connectivity index (χ0v) is 11.9. The maximum Gasteiger partial charge on any atom is 0.360 e. The lowest BCUT2D eigenvalue weighted by molar-refractivity contribution is -0.00622. The summed E-state index contributed by atoms with van der Waals surface area (Å²) in [6.07, 6.45) is 9.48. The van der Waals surface area contributed by atoms with Crippen molar-refractivity contribution >= 4 is 5.97 Å². The first kappa shape index (κ1) is 12.4. The van der Waals surface area contributed by atoms with E-state index in [2.05, 4.69) is 5.16 Å². The van der Waals surface area contributed by atoms with Crippen LogP contribution in [0.3, 0.4) is 0 Å². The van der Waals surface area contributed by atoms with E-state index in [9.17, 15) is 4.79 Å². The van der Waals surface area contributed by atoms with Gasteiger partial charge in [0.05, 0.1) is 6.61 Å². The first-order valence-corrected chi connectivity index (χ1v) is 7.82. The molecule has 4 aliphatic carbocycles. The van der Waals surface area contributed by atoms with Crippen molar-refractivity contribution in [2.24, 2.45) is 17.8 Å². The lowest BCUT2D eigenvalue weighted by atomic mass is 9.48. The van der Waals surface area contributed by atoms with E-state index >= 15 is 0 Å². The predicted octanol–water partition coefficient (Wildman–Crippen LogP) is 3.32. The molecule has 20 heavy (non-hydrogen) atoms. The highest BCUT2D eigenvalue weighted by atomic mass is 16.5. The van der Waals surface area contributed by atoms with Crippen LogP contribution in [0, 0.1) is 17.8 Å². The quantitative estimate of drug-likeness (QED) is 0.794. The van der Waals surface area contributed by atoms with Crippen molar-refractivity contribution in [1.29, 1.82) is 0 Å². The maximum absolute atomic E-state index is 12.1. The van der Waals surface area contributed by atoms with E-state index in [-0.39, 0.29) is 11.4 Å². The van der Waals surface area contributed by atoms with Gasteiger partial charge in [0, 0.05) is 11.0 Å². The number of ether oxygens (including phenoxy) is 1. The number of carbonyl (C=O) groups is 1. The van der Waals surface area contributed by atoms with Crippen molar-refractivity contribution in [2.75, 3.05) is 6.61 Å². The minimum Gasteiger partial charge on any atom is -0.461 e. The summed E-state index contributed by atoms with van der Waals surface area (Å²) < 4.78 is 10.3. The molecule has 4 bridgehead atoms. The average molecular weight is 275 g/mol. The third-order valence-electron chi connectivity index (χ3n) is 5.65. The second-order valence-electron chi connectivity index (χ2n) is 7.00. The molecule has 5 rings (SSSR count). The molecule has 0 aliphatic heterocycles. The third kappa shape index (κ3) is 1.73. The molecule has 0 spiro atoms. The molecule has 1 aromatic rings. The number of esters is 1. The highest BCUT2D eigenvalue weighted by Crippen LogP contribution is 2.61. The molecule has 4 nitrogen and oxygen atoms in total. The Kier molecular flexibility index (Phi) is 2.69. The fourth-order valence-electron chi connectivity index (χ4n) is 5.40. The first-order chi connectivity index (χ1) is 9.70. The Balaban J connectivity index is 1.71. The Bertz CT molecular complexity index is 498. The fourth-order valence-corrected chi connectivity index (χ4v) is 5.40. The predicted molar refractivity (Wildman–Crippen MR) is 72.3 cm³/mol. The van der Waals surface area contributed by atoms with Gasteiger partial charge in [-0.25, -0.2) is 4.79 Å². The molecule has 108 valence electrons. The zero-order chi connectivity index (χ0) is 13.7. The lowest BCUT2D eigenvalue weighted by Crippen LogP contribution is -2.49.